The highest BCUT2D eigenvalue weighted by Gasteiger charge is 2.13. The Morgan fingerprint density at radius 2 is 1.94 bits per heavy atom. The summed E-state index contributed by atoms with van der Waals surface area (Å²) < 4.78 is 0. The predicted octanol–water partition coefficient (Wildman–Crippen LogP) is 3.47. The fourth-order valence-electron chi connectivity index (χ4n) is 1.89. The highest BCUT2D eigenvalue weighted by molar-refractivity contribution is 6.31. The summed E-state index contributed by atoms with van der Waals surface area (Å²) in [5.74, 6) is 0. The molecule has 2 rings (SSSR count). The van der Waals surface area contributed by atoms with Gasteiger partial charge in [0.05, 0.1) is 5.69 Å². The second-order valence-electron chi connectivity index (χ2n) is 4.14. The van der Waals surface area contributed by atoms with E-state index in [1.807, 2.05) is 30.3 Å². The van der Waals surface area contributed by atoms with E-state index in [2.05, 4.69) is 29.4 Å². The average molecular weight is 250 g/mol. The highest BCUT2D eigenvalue weighted by Crippen LogP contribution is 2.24. The van der Waals surface area contributed by atoms with E-state index in [0.717, 1.165) is 16.3 Å². The molecule has 1 aromatic carbocycles. The van der Waals surface area contributed by atoms with E-state index in [-0.39, 0.29) is 12.1 Å². The van der Waals surface area contributed by atoms with Crippen molar-refractivity contribution in [3.63, 3.8) is 0 Å². The van der Waals surface area contributed by atoms with Crippen LogP contribution in [0.25, 0.3) is 0 Å². The van der Waals surface area contributed by atoms with Gasteiger partial charge in [0.25, 0.3) is 0 Å². The largest absolute Gasteiger partial charge is 0.302 e. The van der Waals surface area contributed by atoms with Gasteiger partial charge in [-0.3, -0.25) is 5.10 Å². The van der Waals surface area contributed by atoms with Crippen LogP contribution in [0, 0.1) is 0 Å². The van der Waals surface area contributed by atoms with Gasteiger partial charge >= 0.3 is 0 Å². The van der Waals surface area contributed by atoms with Crippen molar-refractivity contribution in [2.45, 2.75) is 25.9 Å². The van der Waals surface area contributed by atoms with Gasteiger partial charge in [-0.1, -0.05) is 29.8 Å². The molecule has 1 unspecified atom stereocenters. The molecule has 0 saturated heterocycles. The van der Waals surface area contributed by atoms with Crippen LogP contribution in [-0.2, 0) is 0 Å². The standard InChI is InChI=1S/C13H16ClN3/c1-9(11-5-3-4-6-12(11)14)16-10(2)13-7-8-15-17-13/h3-10,16H,1-2H3,(H,15,17)/t9-,10?/m1/s1. The molecule has 1 aromatic heterocycles. The van der Waals surface area contributed by atoms with E-state index in [9.17, 15) is 0 Å². The van der Waals surface area contributed by atoms with Gasteiger partial charge in [0.2, 0.25) is 0 Å². The van der Waals surface area contributed by atoms with Gasteiger partial charge in [0.1, 0.15) is 0 Å². The van der Waals surface area contributed by atoms with Gasteiger partial charge in [-0.15, -0.1) is 0 Å². The second kappa shape index (κ2) is 5.34. The van der Waals surface area contributed by atoms with Crippen molar-refractivity contribution in [2.75, 3.05) is 0 Å². The molecule has 3 nitrogen and oxygen atoms in total. The lowest BCUT2D eigenvalue weighted by atomic mass is 10.1. The SMILES string of the molecule is CC(N[C@H](C)c1ccccc1Cl)c1ccn[nH]1. The van der Waals surface area contributed by atoms with Crippen molar-refractivity contribution in [1.29, 1.82) is 0 Å². The molecule has 2 atom stereocenters. The van der Waals surface area contributed by atoms with Crippen LogP contribution in [0.4, 0.5) is 0 Å². The number of nitrogens with one attached hydrogen (secondary N) is 2. The lowest BCUT2D eigenvalue weighted by Crippen LogP contribution is -2.23. The Morgan fingerprint density at radius 3 is 2.59 bits per heavy atom. The van der Waals surface area contributed by atoms with E-state index < -0.39 is 0 Å². The quantitative estimate of drug-likeness (QED) is 0.871. The maximum atomic E-state index is 6.17. The van der Waals surface area contributed by atoms with E-state index in [4.69, 9.17) is 11.6 Å². The summed E-state index contributed by atoms with van der Waals surface area (Å²) in [6.45, 7) is 4.20. The molecule has 0 amide bonds. The first-order valence-corrected chi connectivity index (χ1v) is 6.06. The lowest BCUT2D eigenvalue weighted by molar-refractivity contribution is 0.486. The first-order chi connectivity index (χ1) is 8.18. The van der Waals surface area contributed by atoms with Crippen LogP contribution < -0.4 is 5.32 Å². The monoisotopic (exact) mass is 249 g/mol. The van der Waals surface area contributed by atoms with Crippen LogP contribution >= 0.6 is 11.6 Å². The first kappa shape index (κ1) is 12.1. The van der Waals surface area contributed by atoms with Gasteiger partial charge in [-0.2, -0.15) is 5.10 Å². The third-order valence-corrected chi connectivity index (χ3v) is 3.20. The van der Waals surface area contributed by atoms with E-state index >= 15 is 0 Å². The minimum absolute atomic E-state index is 0.196. The third kappa shape index (κ3) is 2.87. The van der Waals surface area contributed by atoms with E-state index in [0.29, 0.717) is 0 Å². The van der Waals surface area contributed by atoms with Gasteiger partial charge in [-0.25, -0.2) is 0 Å². The number of rotatable bonds is 4. The number of aromatic nitrogens is 2. The van der Waals surface area contributed by atoms with Crippen molar-refractivity contribution < 1.29 is 0 Å². The number of benzene rings is 1. The van der Waals surface area contributed by atoms with Gasteiger partial charge < -0.3 is 5.32 Å². The van der Waals surface area contributed by atoms with Crippen LogP contribution in [0.3, 0.4) is 0 Å². The van der Waals surface area contributed by atoms with Crippen LogP contribution in [-0.4, -0.2) is 10.2 Å². The minimum Gasteiger partial charge on any atom is -0.302 e. The molecule has 90 valence electrons. The summed E-state index contributed by atoms with van der Waals surface area (Å²) in [5, 5.41) is 11.2. The van der Waals surface area contributed by atoms with Gasteiger partial charge in [0, 0.05) is 23.3 Å². The molecule has 0 spiro atoms. The number of hydrogen-bond donors (Lipinski definition) is 2. The molecular weight excluding hydrogens is 234 g/mol. The van der Waals surface area contributed by atoms with Crippen LogP contribution in [0.15, 0.2) is 36.5 Å². The van der Waals surface area contributed by atoms with Crippen molar-refractivity contribution in [2.24, 2.45) is 0 Å². The molecule has 0 aliphatic carbocycles. The van der Waals surface area contributed by atoms with Crippen molar-refractivity contribution in [3.8, 4) is 0 Å². The summed E-state index contributed by atoms with van der Waals surface area (Å²) in [7, 11) is 0. The molecule has 0 bridgehead atoms. The fraction of sp³-hybridized carbons (Fsp3) is 0.308. The Kier molecular flexibility index (Phi) is 3.82. The number of aromatic amines is 1. The second-order valence-corrected chi connectivity index (χ2v) is 4.55. The number of halogens is 1. The fourth-order valence-corrected chi connectivity index (χ4v) is 2.19. The summed E-state index contributed by atoms with van der Waals surface area (Å²) >= 11 is 6.17. The summed E-state index contributed by atoms with van der Waals surface area (Å²) in [6, 6.07) is 10.3. The molecule has 1 heterocycles. The molecule has 2 aromatic rings. The van der Waals surface area contributed by atoms with Gasteiger partial charge in [0.15, 0.2) is 0 Å². The average Bonchev–Trinajstić information content (AvgIpc) is 2.82. The predicted molar refractivity (Wildman–Crippen MR) is 70.0 cm³/mol. The Bertz CT molecular complexity index is 467. The van der Waals surface area contributed by atoms with E-state index in [1.165, 1.54) is 0 Å². The summed E-state index contributed by atoms with van der Waals surface area (Å²) in [4.78, 5) is 0. The molecule has 0 aliphatic rings. The maximum absolute atomic E-state index is 6.17. The Labute approximate surface area is 106 Å². The summed E-state index contributed by atoms with van der Waals surface area (Å²) in [6.07, 6.45) is 1.76. The molecule has 0 radical (unpaired) electrons. The Hall–Kier alpha value is -1.32. The molecule has 2 N–H and O–H groups in total. The highest BCUT2D eigenvalue weighted by atomic mass is 35.5. The molecule has 0 aliphatic heterocycles. The zero-order chi connectivity index (χ0) is 12.3. The lowest BCUT2D eigenvalue weighted by Gasteiger charge is -2.20. The van der Waals surface area contributed by atoms with Crippen LogP contribution in [0.2, 0.25) is 5.02 Å². The molecule has 0 fully saturated rings. The van der Waals surface area contributed by atoms with Crippen molar-refractivity contribution in [1.82, 2.24) is 15.5 Å². The third-order valence-electron chi connectivity index (χ3n) is 2.86. The molecule has 17 heavy (non-hydrogen) atoms. The number of H-pyrrole nitrogens is 1. The summed E-state index contributed by atoms with van der Waals surface area (Å²) in [5.41, 5.74) is 2.18. The normalized spacial score (nSPS) is 14.5. The molecular formula is C13H16ClN3. The van der Waals surface area contributed by atoms with Crippen molar-refractivity contribution in [3.05, 3.63) is 52.8 Å². The minimum atomic E-state index is 0.196. The zero-order valence-corrected chi connectivity index (χ0v) is 10.7. The first-order valence-electron chi connectivity index (χ1n) is 5.68. The smallest absolute Gasteiger partial charge is 0.0518 e. The maximum Gasteiger partial charge on any atom is 0.0518 e. The van der Waals surface area contributed by atoms with Crippen LogP contribution in [0.5, 0.6) is 0 Å². The number of nitrogens with zero attached hydrogens (tertiary/aromatic N) is 1. The Balaban J connectivity index is 2.07. The van der Waals surface area contributed by atoms with Crippen LogP contribution in [0.1, 0.15) is 37.2 Å². The Morgan fingerprint density at radius 1 is 1.18 bits per heavy atom. The van der Waals surface area contributed by atoms with E-state index in [1.54, 1.807) is 6.20 Å². The number of hydrogen-bond acceptors (Lipinski definition) is 2. The van der Waals surface area contributed by atoms with Crippen molar-refractivity contribution >= 4 is 11.6 Å². The zero-order valence-electron chi connectivity index (χ0n) is 9.94. The van der Waals surface area contributed by atoms with Gasteiger partial charge in [-0.05, 0) is 31.5 Å². The molecule has 0 saturated carbocycles. The molecule has 4 heteroatoms. The topological polar surface area (TPSA) is 40.7 Å².